The van der Waals surface area contributed by atoms with Gasteiger partial charge in [-0.2, -0.15) is 0 Å². The number of thiocarbonyl (C=S) groups is 1. The molecule has 0 saturated heterocycles. The third-order valence-electron chi connectivity index (χ3n) is 7.36. The molecule has 4 saturated carbocycles. The molecule has 4 bridgehead atoms. The van der Waals surface area contributed by atoms with Crippen molar-refractivity contribution >= 4 is 28.9 Å². The van der Waals surface area contributed by atoms with Crippen LogP contribution in [0.2, 0.25) is 0 Å². The van der Waals surface area contributed by atoms with Gasteiger partial charge in [0.05, 0.1) is 12.0 Å². The summed E-state index contributed by atoms with van der Waals surface area (Å²) in [6.45, 7) is 0.635. The van der Waals surface area contributed by atoms with Crippen LogP contribution in [0, 0.1) is 23.2 Å². The first-order chi connectivity index (χ1) is 15.1. The Kier molecular flexibility index (Phi) is 5.70. The zero-order chi connectivity index (χ0) is 21.3. The predicted octanol–water partition coefficient (Wildman–Crippen LogP) is 5.34. The van der Waals surface area contributed by atoms with Crippen molar-refractivity contribution in [1.82, 2.24) is 5.32 Å². The topological polar surface area (TPSA) is 50.4 Å². The number of carbonyl (C=O) groups excluding carboxylic acids is 1. The van der Waals surface area contributed by atoms with Crippen molar-refractivity contribution in [1.29, 1.82) is 0 Å². The van der Waals surface area contributed by atoms with E-state index < -0.39 is 0 Å². The molecular weight excluding hydrogens is 404 g/mol. The molecule has 0 heterocycles. The molecule has 2 N–H and O–H groups in total. The van der Waals surface area contributed by atoms with Crippen LogP contribution in [-0.4, -0.2) is 17.6 Å². The van der Waals surface area contributed by atoms with E-state index in [1.807, 2.05) is 42.5 Å². The standard InChI is InChI=1S/C26H30N2O2S/c29-24(26-15-19-12-20(16-26)14-21(13-19)17-26)28-25(31)27-22-6-8-23(9-7-22)30-11-10-18-4-2-1-3-5-18/h1-9,19-21H,10-17H2,(H2,27,28,29,31). The van der Waals surface area contributed by atoms with Gasteiger partial charge in [-0.3, -0.25) is 4.79 Å². The monoisotopic (exact) mass is 434 g/mol. The summed E-state index contributed by atoms with van der Waals surface area (Å²) in [5, 5.41) is 6.55. The van der Waals surface area contributed by atoms with Gasteiger partial charge in [-0.05, 0) is 98.3 Å². The fraction of sp³-hybridized carbons (Fsp3) is 0.462. The van der Waals surface area contributed by atoms with Crippen LogP contribution >= 0.6 is 12.2 Å². The number of ether oxygens (including phenoxy) is 1. The summed E-state index contributed by atoms with van der Waals surface area (Å²) in [7, 11) is 0. The van der Waals surface area contributed by atoms with Crippen LogP contribution in [0.15, 0.2) is 54.6 Å². The van der Waals surface area contributed by atoms with Gasteiger partial charge in [0.2, 0.25) is 5.91 Å². The summed E-state index contributed by atoms with van der Waals surface area (Å²) in [5.41, 5.74) is 1.93. The highest BCUT2D eigenvalue weighted by atomic mass is 32.1. The first kappa shape index (κ1) is 20.5. The Morgan fingerprint density at radius 1 is 0.935 bits per heavy atom. The van der Waals surface area contributed by atoms with Gasteiger partial charge in [0.25, 0.3) is 0 Å². The second-order valence-electron chi connectivity index (χ2n) is 9.71. The third-order valence-corrected chi connectivity index (χ3v) is 7.57. The van der Waals surface area contributed by atoms with Crippen LogP contribution in [0.1, 0.15) is 44.1 Å². The molecule has 5 heteroatoms. The Hall–Kier alpha value is -2.40. The zero-order valence-electron chi connectivity index (χ0n) is 17.8. The van der Waals surface area contributed by atoms with E-state index in [1.54, 1.807) is 0 Å². The van der Waals surface area contributed by atoms with Crippen LogP contribution in [0.5, 0.6) is 5.75 Å². The summed E-state index contributed by atoms with van der Waals surface area (Å²) in [4.78, 5) is 13.1. The molecule has 2 aromatic carbocycles. The summed E-state index contributed by atoms with van der Waals surface area (Å²) in [5.74, 6) is 3.18. The van der Waals surface area contributed by atoms with E-state index >= 15 is 0 Å². The maximum atomic E-state index is 13.1. The first-order valence-corrected chi connectivity index (χ1v) is 11.9. The SMILES string of the molecule is O=C(NC(=S)Nc1ccc(OCCc2ccccc2)cc1)C12CC3CC(CC(C3)C1)C2. The summed E-state index contributed by atoms with van der Waals surface area (Å²) < 4.78 is 5.84. The van der Waals surface area contributed by atoms with Crippen molar-refractivity contribution in [3.63, 3.8) is 0 Å². The molecular formula is C26H30N2O2S. The van der Waals surface area contributed by atoms with Gasteiger partial charge >= 0.3 is 0 Å². The lowest BCUT2D eigenvalue weighted by Crippen LogP contribution is -2.55. The molecule has 0 unspecified atom stereocenters. The molecule has 1 amide bonds. The average Bonchev–Trinajstić information content (AvgIpc) is 2.75. The molecule has 2 aromatic rings. The Balaban J connectivity index is 1.11. The maximum Gasteiger partial charge on any atom is 0.232 e. The van der Waals surface area contributed by atoms with E-state index in [-0.39, 0.29) is 11.3 Å². The fourth-order valence-electron chi connectivity index (χ4n) is 6.35. The predicted molar refractivity (Wildman–Crippen MR) is 127 cm³/mol. The van der Waals surface area contributed by atoms with Crippen LogP contribution in [0.25, 0.3) is 0 Å². The second-order valence-corrected chi connectivity index (χ2v) is 10.1. The minimum absolute atomic E-state index is 0.130. The number of amides is 1. The molecule has 4 aliphatic carbocycles. The van der Waals surface area contributed by atoms with Crippen molar-refractivity contribution < 1.29 is 9.53 Å². The Morgan fingerprint density at radius 2 is 1.55 bits per heavy atom. The van der Waals surface area contributed by atoms with Gasteiger partial charge in [0, 0.05) is 12.1 Å². The van der Waals surface area contributed by atoms with Crippen LogP contribution < -0.4 is 15.4 Å². The molecule has 0 spiro atoms. The third kappa shape index (κ3) is 4.62. The van der Waals surface area contributed by atoms with E-state index in [0.717, 1.165) is 54.9 Å². The lowest BCUT2D eigenvalue weighted by molar-refractivity contribution is -0.144. The van der Waals surface area contributed by atoms with Crippen molar-refractivity contribution in [3.05, 3.63) is 60.2 Å². The van der Waals surface area contributed by atoms with E-state index in [4.69, 9.17) is 17.0 Å². The van der Waals surface area contributed by atoms with Gasteiger partial charge in [-0.15, -0.1) is 0 Å². The number of rotatable bonds is 6. The maximum absolute atomic E-state index is 13.1. The smallest absolute Gasteiger partial charge is 0.232 e. The minimum Gasteiger partial charge on any atom is -0.493 e. The van der Waals surface area contributed by atoms with Crippen molar-refractivity contribution in [3.8, 4) is 5.75 Å². The lowest BCUT2D eigenvalue weighted by atomic mass is 9.49. The Labute approximate surface area is 189 Å². The van der Waals surface area contributed by atoms with Crippen LogP contribution in [0.3, 0.4) is 0 Å². The van der Waals surface area contributed by atoms with E-state index in [0.29, 0.717) is 11.7 Å². The number of benzene rings is 2. The van der Waals surface area contributed by atoms with Gasteiger partial charge in [-0.1, -0.05) is 30.3 Å². The van der Waals surface area contributed by atoms with E-state index in [9.17, 15) is 4.79 Å². The highest BCUT2D eigenvalue weighted by molar-refractivity contribution is 7.80. The van der Waals surface area contributed by atoms with Gasteiger partial charge in [0.1, 0.15) is 5.75 Å². The highest BCUT2D eigenvalue weighted by Crippen LogP contribution is 2.60. The van der Waals surface area contributed by atoms with Crippen molar-refractivity contribution in [2.75, 3.05) is 11.9 Å². The molecule has 4 nitrogen and oxygen atoms in total. The summed E-state index contributed by atoms with van der Waals surface area (Å²) in [6, 6.07) is 18.0. The van der Waals surface area contributed by atoms with Crippen molar-refractivity contribution in [2.45, 2.75) is 44.9 Å². The molecule has 0 aromatic heterocycles. The number of hydrogen-bond acceptors (Lipinski definition) is 3. The lowest BCUT2D eigenvalue weighted by Gasteiger charge is -2.55. The highest BCUT2D eigenvalue weighted by Gasteiger charge is 2.54. The molecule has 31 heavy (non-hydrogen) atoms. The number of anilines is 1. The fourth-order valence-corrected chi connectivity index (χ4v) is 6.56. The van der Waals surface area contributed by atoms with Crippen LogP contribution in [-0.2, 0) is 11.2 Å². The minimum atomic E-state index is -0.184. The van der Waals surface area contributed by atoms with Crippen LogP contribution in [0.4, 0.5) is 5.69 Å². The molecule has 4 fully saturated rings. The van der Waals surface area contributed by atoms with Gasteiger partial charge in [-0.25, -0.2) is 0 Å². The molecule has 6 rings (SSSR count). The number of carbonyl (C=O) groups is 1. The molecule has 0 atom stereocenters. The molecule has 0 radical (unpaired) electrons. The average molecular weight is 435 g/mol. The first-order valence-electron chi connectivity index (χ1n) is 11.5. The quantitative estimate of drug-likeness (QED) is 0.603. The Morgan fingerprint density at radius 3 is 2.16 bits per heavy atom. The van der Waals surface area contributed by atoms with E-state index in [1.165, 1.54) is 24.8 Å². The van der Waals surface area contributed by atoms with E-state index in [2.05, 4.69) is 22.8 Å². The van der Waals surface area contributed by atoms with Gasteiger partial charge in [0.15, 0.2) is 5.11 Å². The Bertz CT molecular complexity index is 906. The number of nitrogens with one attached hydrogen (secondary N) is 2. The number of hydrogen-bond donors (Lipinski definition) is 2. The second kappa shape index (κ2) is 8.62. The molecule has 162 valence electrons. The molecule has 4 aliphatic rings. The summed E-state index contributed by atoms with van der Waals surface area (Å²) in [6.07, 6.45) is 7.99. The summed E-state index contributed by atoms with van der Waals surface area (Å²) >= 11 is 5.45. The van der Waals surface area contributed by atoms with Gasteiger partial charge < -0.3 is 15.4 Å². The zero-order valence-corrected chi connectivity index (χ0v) is 18.6. The molecule has 0 aliphatic heterocycles. The normalized spacial score (nSPS) is 28.2. The largest absolute Gasteiger partial charge is 0.493 e. The van der Waals surface area contributed by atoms with Crippen molar-refractivity contribution in [2.24, 2.45) is 23.2 Å².